The number of benzene rings is 1. The van der Waals surface area contributed by atoms with Crippen molar-refractivity contribution in [2.75, 3.05) is 0 Å². The number of primary amides is 1. The van der Waals surface area contributed by atoms with E-state index in [2.05, 4.69) is 38.1 Å². The lowest BCUT2D eigenvalue weighted by atomic mass is 9.99. The summed E-state index contributed by atoms with van der Waals surface area (Å²) in [5.74, 6) is 0.146. The number of aryl methyl sites for hydroxylation is 1. The van der Waals surface area contributed by atoms with Crippen LogP contribution < -0.4 is 11.5 Å². The molecule has 3 nitrogen and oxygen atoms in total. The molecule has 94 valence electrons. The van der Waals surface area contributed by atoms with Gasteiger partial charge < -0.3 is 11.5 Å². The molecule has 0 bridgehead atoms. The molecule has 1 aromatic carbocycles. The summed E-state index contributed by atoms with van der Waals surface area (Å²) in [7, 11) is 0. The van der Waals surface area contributed by atoms with Gasteiger partial charge in [0.05, 0.1) is 6.04 Å². The molecule has 0 saturated heterocycles. The first-order chi connectivity index (χ1) is 8.00. The fourth-order valence-corrected chi connectivity index (χ4v) is 1.74. The Morgan fingerprint density at radius 3 is 2.29 bits per heavy atom. The molecule has 0 radical (unpaired) electrons. The summed E-state index contributed by atoms with van der Waals surface area (Å²) in [4.78, 5) is 10.8. The molecular formula is C14H22N2O. The summed E-state index contributed by atoms with van der Waals surface area (Å²) in [6.07, 6.45) is 2.49. The van der Waals surface area contributed by atoms with E-state index in [1.807, 2.05) is 0 Å². The van der Waals surface area contributed by atoms with Gasteiger partial charge in [0.1, 0.15) is 0 Å². The number of nitrogens with two attached hydrogens (primary N) is 2. The molecule has 0 fully saturated rings. The maximum Gasteiger partial charge on any atom is 0.234 e. The zero-order valence-corrected chi connectivity index (χ0v) is 10.6. The summed E-state index contributed by atoms with van der Waals surface area (Å²) in [5, 5.41) is 0. The molecule has 0 heterocycles. The predicted octanol–water partition coefficient (Wildman–Crippen LogP) is 1.95. The highest BCUT2D eigenvalue weighted by Crippen LogP contribution is 2.15. The molecule has 0 unspecified atom stereocenters. The van der Waals surface area contributed by atoms with Crippen LogP contribution in [0.2, 0.25) is 0 Å². The molecule has 1 aromatic rings. The quantitative estimate of drug-likeness (QED) is 0.789. The average molecular weight is 234 g/mol. The lowest BCUT2D eigenvalue weighted by molar-refractivity contribution is -0.119. The van der Waals surface area contributed by atoms with Crippen molar-refractivity contribution in [1.82, 2.24) is 0 Å². The molecule has 0 aliphatic carbocycles. The van der Waals surface area contributed by atoms with E-state index >= 15 is 0 Å². The van der Waals surface area contributed by atoms with Gasteiger partial charge in [-0.3, -0.25) is 4.79 Å². The van der Waals surface area contributed by atoms with Gasteiger partial charge in [0.2, 0.25) is 5.91 Å². The number of carbonyl (C=O) groups excluding carboxylic acids is 1. The Morgan fingerprint density at radius 1 is 1.24 bits per heavy atom. The van der Waals surface area contributed by atoms with Gasteiger partial charge >= 0.3 is 0 Å². The fourth-order valence-electron chi connectivity index (χ4n) is 1.74. The van der Waals surface area contributed by atoms with Crippen LogP contribution in [0.4, 0.5) is 0 Å². The lowest BCUT2D eigenvalue weighted by Gasteiger charge is -2.08. The van der Waals surface area contributed by atoms with Crippen LogP contribution in [-0.2, 0) is 11.2 Å². The van der Waals surface area contributed by atoms with E-state index in [9.17, 15) is 4.79 Å². The fraction of sp³-hybridized carbons (Fsp3) is 0.500. The third-order valence-corrected chi connectivity index (χ3v) is 2.99. The molecule has 1 rings (SSSR count). The Balaban J connectivity index is 2.40. The summed E-state index contributed by atoms with van der Waals surface area (Å²) in [5.41, 5.74) is 13.3. The van der Waals surface area contributed by atoms with Crippen LogP contribution >= 0.6 is 0 Å². The van der Waals surface area contributed by atoms with Crippen molar-refractivity contribution in [3.63, 3.8) is 0 Å². The lowest BCUT2D eigenvalue weighted by Crippen LogP contribution is -2.36. The maximum absolute atomic E-state index is 10.8. The van der Waals surface area contributed by atoms with Gasteiger partial charge in [0, 0.05) is 0 Å². The molecule has 17 heavy (non-hydrogen) atoms. The third-order valence-electron chi connectivity index (χ3n) is 2.99. The first-order valence-corrected chi connectivity index (χ1v) is 6.14. The zero-order chi connectivity index (χ0) is 12.8. The van der Waals surface area contributed by atoms with E-state index in [-0.39, 0.29) is 0 Å². The second-order valence-electron chi connectivity index (χ2n) is 4.80. The first kappa shape index (κ1) is 13.7. The van der Waals surface area contributed by atoms with E-state index in [0.717, 1.165) is 12.8 Å². The van der Waals surface area contributed by atoms with Gasteiger partial charge in [-0.15, -0.1) is 0 Å². The Kier molecular flexibility index (Phi) is 5.16. The van der Waals surface area contributed by atoms with Gasteiger partial charge in [-0.25, -0.2) is 0 Å². The van der Waals surface area contributed by atoms with Gasteiger partial charge in [-0.05, 0) is 36.3 Å². The van der Waals surface area contributed by atoms with Gasteiger partial charge in [0.25, 0.3) is 0 Å². The highest BCUT2D eigenvalue weighted by atomic mass is 16.1. The second kappa shape index (κ2) is 6.40. The molecule has 0 aliphatic rings. The van der Waals surface area contributed by atoms with Crippen molar-refractivity contribution in [2.45, 2.75) is 45.1 Å². The first-order valence-electron chi connectivity index (χ1n) is 6.14. The summed E-state index contributed by atoms with van der Waals surface area (Å²) in [6.45, 7) is 4.36. The molecule has 1 amide bonds. The van der Waals surface area contributed by atoms with Gasteiger partial charge in [-0.2, -0.15) is 0 Å². The molecule has 0 spiro atoms. The van der Waals surface area contributed by atoms with Crippen LogP contribution in [0.1, 0.15) is 43.7 Å². The second-order valence-corrected chi connectivity index (χ2v) is 4.80. The van der Waals surface area contributed by atoms with Crippen molar-refractivity contribution in [2.24, 2.45) is 11.5 Å². The monoisotopic (exact) mass is 234 g/mol. The Bertz CT molecular complexity index is 357. The molecule has 0 aliphatic heterocycles. The highest BCUT2D eigenvalue weighted by molar-refractivity contribution is 5.79. The number of carbonyl (C=O) groups is 1. The standard InChI is InChI=1S/C14H22N2O/c1-10(2)12-8-6-11(7-9-12)4-3-5-13(15)14(16)17/h6-10,13H,3-5,15H2,1-2H3,(H2,16,17)/t13-/m0/s1. The van der Waals surface area contributed by atoms with Crippen LogP contribution in [0.25, 0.3) is 0 Å². The van der Waals surface area contributed by atoms with E-state index < -0.39 is 11.9 Å². The maximum atomic E-state index is 10.8. The summed E-state index contributed by atoms with van der Waals surface area (Å²) < 4.78 is 0. The smallest absolute Gasteiger partial charge is 0.234 e. The molecule has 0 saturated carbocycles. The normalized spacial score (nSPS) is 12.7. The van der Waals surface area contributed by atoms with E-state index in [1.165, 1.54) is 11.1 Å². The molecule has 1 atom stereocenters. The largest absolute Gasteiger partial charge is 0.368 e. The van der Waals surface area contributed by atoms with Gasteiger partial charge in [-0.1, -0.05) is 38.1 Å². The summed E-state index contributed by atoms with van der Waals surface area (Å²) in [6, 6.07) is 8.10. The Labute approximate surface area is 103 Å². The number of rotatable bonds is 6. The van der Waals surface area contributed by atoms with Crippen molar-refractivity contribution in [1.29, 1.82) is 0 Å². The molecule has 4 N–H and O–H groups in total. The van der Waals surface area contributed by atoms with Crippen molar-refractivity contribution < 1.29 is 4.79 Å². The SMILES string of the molecule is CC(C)c1ccc(CCC[C@H](N)C(N)=O)cc1. The van der Waals surface area contributed by atoms with Crippen LogP contribution in [0.15, 0.2) is 24.3 Å². The van der Waals surface area contributed by atoms with Crippen molar-refractivity contribution >= 4 is 5.91 Å². The van der Waals surface area contributed by atoms with Crippen LogP contribution in [-0.4, -0.2) is 11.9 Å². The van der Waals surface area contributed by atoms with E-state index in [0.29, 0.717) is 12.3 Å². The third kappa shape index (κ3) is 4.57. The van der Waals surface area contributed by atoms with Gasteiger partial charge in [0.15, 0.2) is 0 Å². The Morgan fingerprint density at radius 2 is 1.82 bits per heavy atom. The number of hydrogen-bond donors (Lipinski definition) is 2. The molecular weight excluding hydrogens is 212 g/mol. The van der Waals surface area contributed by atoms with Crippen molar-refractivity contribution in [3.05, 3.63) is 35.4 Å². The minimum absolute atomic E-state index is 0.417. The minimum atomic E-state index is -0.509. The van der Waals surface area contributed by atoms with Crippen LogP contribution in [0.5, 0.6) is 0 Å². The summed E-state index contributed by atoms with van der Waals surface area (Å²) >= 11 is 0. The minimum Gasteiger partial charge on any atom is -0.368 e. The Hall–Kier alpha value is -1.35. The topological polar surface area (TPSA) is 69.1 Å². The molecule has 3 heteroatoms. The van der Waals surface area contributed by atoms with E-state index in [4.69, 9.17) is 11.5 Å². The average Bonchev–Trinajstić information content (AvgIpc) is 2.29. The van der Waals surface area contributed by atoms with Crippen molar-refractivity contribution in [3.8, 4) is 0 Å². The zero-order valence-electron chi connectivity index (χ0n) is 10.6. The van der Waals surface area contributed by atoms with Crippen LogP contribution in [0, 0.1) is 0 Å². The highest BCUT2D eigenvalue weighted by Gasteiger charge is 2.08. The van der Waals surface area contributed by atoms with Crippen LogP contribution in [0.3, 0.4) is 0 Å². The predicted molar refractivity (Wildman–Crippen MR) is 70.6 cm³/mol. The molecule has 0 aromatic heterocycles. The number of amides is 1. The number of hydrogen-bond acceptors (Lipinski definition) is 2. The van der Waals surface area contributed by atoms with E-state index in [1.54, 1.807) is 0 Å².